The van der Waals surface area contributed by atoms with Crippen LogP contribution in [0.15, 0.2) is 70.6 Å². The van der Waals surface area contributed by atoms with Crippen molar-refractivity contribution >= 4 is 51.1 Å². The second kappa shape index (κ2) is 9.07. The number of imidazole rings is 1. The summed E-state index contributed by atoms with van der Waals surface area (Å²) < 4.78 is 2.87. The average molecular weight is 466 g/mol. The lowest BCUT2D eigenvalue weighted by Gasteiger charge is -2.09. The third-order valence-corrected chi connectivity index (χ3v) is 5.21. The summed E-state index contributed by atoms with van der Waals surface area (Å²) in [7, 11) is 0. The number of hydrazine groups is 1. The summed E-state index contributed by atoms with van der Waals surface area (Å²) >= 11 is 10.5. The highest BCUT2D eigenvalue weighted by atomic mass is 79.9. The van der Waals surface area contributed by atoms with Crippen LogP contribution in [0.1, 0.15) is 10.4 Å². The van der Waals surface area contributed by atoms with E-state index >= 15 is 0 Å². The van der Waals surface area contributed by atoms with E-state index in [4.69, 9.17) is 11.6 Å². The standard InChI is InChI=1S/C18H14BrClN4O2S/c19-13-3-7-15(8-4-13)24-10-9-21-18(24)27-11-16(25)22-23-17(26)12-1-5-14(20)6-2-12/h1-10H,11H2,(H,22,25)(H,23,26). The van der Waals surface area contributed by atoms with Gasteiger partial charge in [0.25, 0.3) is 5.91 Å². The van der Waals surface area contributed by atoms with Gasteiger partial charge in [0.1, 0.15) is 0 Å². The molecule has 0 saturated carbocycles. The molecule has 0 fully saturated rings. The molecule has 0 aliphatic heterocycles. The number of benzene rings is 2. The fourth-order valence-corrected chi connectivity index (χ4v) is 3.32. The Morgan fingerprint density at radius 1 is 1.07 bits per heavy atom. The van der Waals surface area contributed by atoms with Crippen LogP contribution in [0.3, 0.4) is 0 Å². The second-order valence-corrected chi connectivity index (χ2v) is 7.65. The van der Waals surface area contributed by atoms with E-state index in [0.29, 0.717) is 15.7 Å². The molecule has 27 heavy (non-hydrogen) atoms. The number of hydrogen-bond acceptors (Lipinski definition) is 4. The molecule has 2 amide bonds. The van der Waals surface area contributed by atoms with Crippen molar-refractivity contribution in [2.45, 2.75) is 5.16 Å². The van der Waals surface area contributed by atoms with Gasteiger partial charge < -0.3 is 0 Å². The lowest BCUT2D eigenvalue weighted by atomic mass is 10.2. The van der Waals surface area contributed by atoms with Gasteiger partial charge in [-0.3, -0.25) is 25.0 Å². The molecule has 0 spiro atoms. The van der Waals surface area contributed by atoms with Crippen molar-refractivity contribution in [2.75, 3.05) is 5.75 Å². The normalized spacial score (nSPS) is 10.4. The molecule has 0 bridgehead atoms. The van der Waals surface area contributed by atoms with E-state index in [0.717, 1.165) is 10.2 Å². The van der Waals surface area contributed by atoms with E-state index in [1.807, 2.05) is 35.0 Å². The fourth-order valence-electron chi connectivity index (χ4n) is 2.16. The average Bonchev–Trinajstić information content (AvgIpc) is 3.14. The zero-order valence-electron chi connectivity index (χ0n) is 13.9. The summed E-state index contributed by atoms with van der Waals surface area (Å²) in [6.45, 7) is 0. The molecule has 6 nitrogen and oxygen atoms in total. The van der Waals surface area contributed by atoms with E-state index < -0.39 is 5.91 Å². The molecule has 0 atom stereocenters. The molecule has 0 saturated heterocycles. The van der Waals surface area contributed by atoms with Crippen molar-refractivity contribution in [3.63, 3.8) is 0 Å². The Kier molecular flexibility index (Phi) is 6.54. The molecule has 0 radical (unpaired) electrons. The first-order valence-corrected chi connectivity index (χ1v) is 9.95. The molecule has 0 aliphatic carbocycles. The molecule has 3 aromatic rings. The Labute approximate surface area is 173 Å². The van der Waals surface area contributed by atoms with Crippen molar-refractivity contribution in [2.24, 2.45) is 0 Å². The minimum absolute atomic E-state index is 0.106. The number of nitrogens with zero attached hydrogens (tertiary/aromatic N) is 2. The predicted octanol–water partition coefficient (Wildman–Crippen LogP) is 3.84. The Morgan fingerprint density at radius 2 is 1.78 bits per heavy atom. The Bertz CT molecular complexity index is 945. The topological polar surface area (TPSA) is 76.0 Å². The smallest absolute Gasteiger partial charge is 0.269 e. The van der Waals surface area contributed by atoms with E-state index in [9.17, 15) is 9.59 Å². The van der Waals surface area contributed by atoms with Crippen LogP contribution in [0.4, 0.5) is 0 Å². The quantitative estimate of drug-likeness (QED) is 0.443. The Balaban J connectivity index is 1.52. The van der Waals surface area contributed by atoms with Gasteiger partial charge >= 0.3 is 0 Å². The molecule has 9 heteroatoms. The summed E-state index contributed by atoms with van der Waals surface area (Å²) in [5.41, 5.74) is 6.10. The molecular weight excluding hydrogens is 452 g/mol. The van der Waals surface area contributed by atoms with Gasteiger partial charge in [-0.25, -0.2) is 4.98 Å². The lowest BCUT2D eigenvalue weighted by molar-refractivity contribution is -0.119. The van der Waals surface area contributed by atoms with Gasteiger partial charge in [0.05, 0.1) is 5.75 Å². The van der Waals surface area contributed by atoms with Crippen LogP contribution >= 0.6 is 39.3 Å². The highest BCUT2D eigenvalue weighted by molar-refractivity contribution is 9.10. The van der Waals surface area contributed by atoms with Crippen LogP contribution < -0.4 is 10.9 Å². The number of carbonyl (C=O) groups excluding carboxylic acids is 2. The summed E-state index contributed by atoms with van der Waals surface area (Å²) in [5, 5.41) is 1.21. The van der Waals surface area contributed by atoms with Crippen LogP contribution in [0, 0.1) is 0 Å². The number of nitrogens with one attached hydrogen (secondary N) is 2. The first-order chi connectivity index (χ1) is 13.0. The van der Waals surface area contributed by atoms with Crippen molar-refractivity contribution in [1.82, 2.24) is 20.4 Å². The Hall–Kier alpha value is -2.29. The zero-order chi connectivity index (χ0) is 19.2. The van der Waals surface area contributed by atoms with Crippen molar-refractivity contribution < 1.29 is 9.59 Å². The van der Waals surface area contributed by atoms with Gasteiger partial charge in [-0.15, -0.1) is 0 Å². The molecular formula is C18H14BrClN4O2S. The maximum absolute atomic E-state index is 12.0. The summed E-state index contributed by atoms with van der Waals surface area (Å²) in [6, 6.07) is 14.1. The number of hydrogen-bond donors (Lipinski definition) is 2. The first-order valence-electron chi connectivity index (χ1n) is 7.80. The number of rotatable bonds is 5. The van der Waals surface area contributed by atoms with Crippen molar-refractivity contribution in [1.29, 1.82) is 0 Å². The van der Waals surface area contributed by atoms with Gasteiger partial charge in [-0.2, -0.15) is 0 Å². The van der Waals surface area contributed by atoms with Gasteiger partial charge in [0, 0.05) is 33.1 Å². The highest BCUT2D eigenvalue weighted by Gasteiger charge is 2.11. The molecule has 0 aliphatic rings. The Morgan fingerprint density at radius 3 is 2.48 bits per heavy atom. The minimum Gasteiger partial charge on any atom is -0.295 e. The third kappa shape index (κ3) is 5.35. The predicted molar refractivity (Wildman–Crippen MR) is 109 cm³/mol. The van der Waals surface area contributed by atoms with E-state index in [1.54, 1.807) is 30.5 Å². The SMILES string of the molecule is O=C(CSc1nccn1-c1ccc(Br)cc1)NNC(=O)c1ccc(Cl)cc1. The van der Waals surface area contributed by atoms with Crippen LogP contribution in [0.25, 0.3) is 5.69 Å². The lowest BCUT2D eigenvalue weighted by Crippen LogP contribution is -2.42. The zero-order valence-corrected chi connectivity index (χ0v) is 17.0. The van der Waals surface area contributed by atoms with Gasteiger partial charge in [0.2, 0.25) is 5.91 Å². The van der Waals surface area contributed by atoms with E-state index in [-0.39, 0.29) is 11.7 Å². The first kappa shape index (κ1) is 19.5. The molecule has 1 aromatic heterocycles. The maximum Gasteiger partial charge on any atom is 0.269 e. The summed E-state index contributed by atoms with van der Waals surface area (Å²) in [6.07, 6.45) is 3.50. The third-order valence-electron chi connectivity index (χ3n) is 3.47. The van der Waals surface area contributed by atoms with Crippen LogP contribution in [0.2, 0.25) is 5.02 Å². The highest BCUT2D eigenvalue weighted by Crippen LogP contribution is 2.21. The van der Waals surface area contributed by atoms with Crippen molar-refractivity contribution in [3.8, 4) is 5.69 Å². The van der Waals surface area contributed by atoms with E-state index in [1.165, 1.54) is 11.8 Å². The van der Waals surface area contributed by atoms with E-state index in [2.05, 4.69) is 31.8 Å². The van der Waals surface area contributed by atoms with Crippen LogP contribution in [0.5, 0.6) is 0 Å². The molecule has 3 rings (SSSR count). The van der Waals surface area contributed by atoms with Crippen LogP contribution in [-0.2, 0) is 4.79 Å². The number of thioether (sulfide) groups is 1. The number of carbonyl (C=O) groups is 2. The van der Waals surface area contributed by atoms with Gasteiger partial charge in [-0.05, 0) is 48.5 Å². The van der Waals surface area contributed by atoms with Crippen molar-refractivity contribution in [3.05, 3.63) is 76.0 Å². The molecule has 2 N–H and O–H groups in total. The number of halogens is 2. The summed E-state index contributed by atoms with van der Waals surface area (Å²) in [4.78, 5) is 28.2. The number of aromatic nitrogens is 2. The van der Waals surface area contributed by atoms with Crippen LogP contribution in [-0.4, -0.2) is 27.1 Å². The second-order valence-electron chi connectivity index (χ2n) is 5.35. The maximum atomic E-state index is 12.0. The van der Waals surface area contributed by atoms with Gasteiger partial charge in [0.15, 0.2) is 5.16 Å². The largest absolute Gasteiger partial charge is 0.295 e. The number of amides is 2. The molecule has 138 valence electrons. The van der Waals surface area contributed by atoms with Gasteiger partial charge in [-0.1, -0.05) is 39.3 Å². The molecule has 0 unspecified atom stereocenters. The summed E-state index contributed by atoms with van der Waals surface area (Å²) in [5.74, 6) is -0.650. The minimum atomic E-state index is -0.415. The molecule has 2 aromatic carbocycles. The molecule has 1 heterocycles. The monoisotopic (exact) mass is 464 g/mol. The fraction of sp³-hybridized carbons (Fsp3) is 0.0556.